The second-order valence-electron chi connectivity index (χ2n) is 7.07. The van der Waals surface area contributed by atoms with E-state index in [2.05, 4.69) is 24.3 Å². The van der Waals surface area contributed by atoms with E-state index in [-0.39, 0.29) is 11.2 Å². The zero-order valence-corrected chi connectivity index (χ0v) is 13.3. The van der Waals surface area contributed by atoms with E-state index in [1.807, 2.05) is 53.7 Å². The van der Waals surface area contributed by atoms with E-state index < -0.39 is 0 Å². The normalized spacial score (nSPS) is 12.5. The lowest BCUT2D eigenvalue weighted by Gasteiger charge is -2.27. The molecule has 0 N–H and O–H groups in total. The monoisotopic (exact) mass is 272 g/mol. The molecule has 0 saturated heterocycles. The largest absolute Gasteiger partial charge is 0.484 e. The lowest BCUT2D eigenvalue weighted by Crippen LogP contribution is -2.26. The maximum atomic E-state index is 6.06. The fourth-order valence-electron chi connectivity index (χ4n) is 2.02. The van der Waals surface area contributed by atoms with Crippen LogP contribution in [-0.4, -0.2) is 11.2 Å². The van der Waals surface area contributed by atoms with Crippen LogP contribution in [0, 0.1) is 0 Å². The Morgan fingerprint density at radius 1 is 0.650 bits per heavy atom. The summed E-state index contributed by atoms with van der Waals surface area (Å²) in [6.45, 7) is 12.3. The van der Waals surface area contributed by atoms with Gasteiger partial charge in [0.05, 0.1) is 0 Å². The van der Waals surface area contributed by atoms with E-state index in [1.54, 1.807) is 0 Å². The van der Waals surface area contributed by atoms with Gasteiger partial charge in [0.25, 0.3) is 0 Å². The van der Waals surface area contributed by atoms with Crippen molar-refractivity contribution in [2.24, 2.45) is 0 Å². The minimum Gasteiger partial charge on any atom is -0.484 e. The minimum absolute atomic E-state index is 0.252. The first-order chi connectivity index (χ1) is 9.14. The van der Waals surface area contributed by atoms with Crippen LogP contribution in [0.3, 0.4) is 0 Å². The van der Waals surface area contributed by atoms with Crippen LogP contribution in [0.4, 0.5) is 0 Å². The van der Waals surface area contributed by atoms with Gasteiger partial charge in [-0.25, -0.2) is 0 Å². The Balaban J connectivity index is 2.52. The summed E-state index contributed by atoms with van der Waals surface area (Å²) in [5.74, 6) is 1.59. The summed E-state index contributed by atoms with van der Waals surface area (Å²) in [5.41, 5.74) is -0.503. The molecule has 0 bridgehead atoms. The molecule has 2 rings (SSSR count). The number of hydrogen-bond acceptors (Lipinski definition) is 2. The highest BCUT2D eigenvalue weighted by molar-refractivity contribution is 5.86. The van der Waals surface area contributed by atoms with Crippen LogP contribution in [0.25, 0.3) is 10.8 Å². The van der Waals surface area contributed by atoms with Crippen LogP contribution in [-0.2, 0) is 0 Å². The molecule has 0 aliphatic heterocycles. The van der Waals surface area contributed by atoms with Crippen LogP contribution < -0.4 is 9.47 Å². The molecule has 0 spiro atoms. The van der Waals surface area contributed by atoms with E-state index in [9.17, 15) is 0 Å². The molecule has 2 aromatic rings. The third-order valence-electron chi connectivity index (χ3n) is 2.64. The van der Waals surface area contributed by atoms with Crippen molar-refractivity contribution in [2.75, 3.05) is 0 Å². The molecule has 0 heterocycles. The first kappa shape index (κ1) is 14.7. The topological polar surface area (TPSA) is 18.5 Å². The van der Waals surface area contributed by atoms with Gasteiger partial charge in [-0.2, -0.15) is 0 Å². The lowest BCUT2D eigenvalue weighted by atomic mass is 10.1. The third kappa shape index (κ3) is 3.89. The lowest BCUT2D eigenvalue weighted by molar-refractivity contribution is 0.0961. The van der Waals surface area contributed by atoms with E-state index in [0.717, 1.165) is 22.3 Å². The zero-order chi connectivity index (χ0) is 15.0. The van der Waals surface area contributed by atoms with Crippen molar-refractivity contribution in [1.29, 1.82) is 0 Å². The Labute approximate surface area is 121 Å². The van der Waals surface area contributed by atoms with Crippen molar-refractivity contribution in [3.63, 3.8) is 0 Å². The summed E-state index contributed by atoms with van der Waals surface area (Å²) in [6, 6.07) is 12.4. The summed E-state index contributed by atoms with van der Waals surface area (Å²) in [5, 5.41) is 2.32. The first-order valence-corrected chi connectivity index (χ1v) is 7.05. The second-order valence-corrected chi connectivity index (χ2v) is 7.07. The minimum atomic E-state index is -0.252. The van der Waals surface area contributed by atoms with Crippen molar-refractivity contribution in [3.8, 4) is 11.5 Å². The third-order valence-corrected chi connectivity index (χ3v) is 2.64. The maximum absolute atomic E-state index is 6.06. The molecule has 0 atom stereocenters. The van der Waals surface area contributed by atoms with Gasteiger partial charge in [0, 0.05) is 0 Å². The molecule has 0 aromatic heterocycles. The summed E-state index contributed by atoms with van der Waals surface area (Å²) < 4.78 is 12.1. The van der Waals surface area contributed by atoms with Crippen LogP contribution in [0.2, 0.25) is 0 Å². The van der Waals surface area contributed by atoms with Gasteiger partial charge in [-0.15, -0.1) is 0 Å². The van der Waals surface area contributed by atoms with E-state index in [4.69, 9.17) is 9.47 Å². The fraction of sp³-hybridized carbons (Fsp3) is 0.444. The van der Waals surface area contributed by atoms with Gasteiger partial charge in [-0.05, 0) is 64.4 Å². The number of hydrogen-bond donors (Lipinski definition) is 0. The summed E-state index contributed by atoms with van der Waals surface area (Å²) in [4.78, 5) is 0. The van der Waals surface area contributed by atoms with Gasteiger partial charge in [0.1, 0.15) is 11.2 Å². The Morgan fingerprint density at radius 3 is 1.30 bits per heavy atom. The number of benzene rings is 2. The molecule has 0 aliphatic rings. The summed E-state index contributed by atoms with van der Waals surface area (Å²) in [6.07, 6.45) is 0. The van der Waals surface area contributed by atoms with Crippen LogP contribution in [0.15, 0.2) is 36.4 Å². The van der Waals surface area contributed by atoms with Crippen LogP contribution >= 0.6 is 0 Å². The summed E-state index contributed by atoms with van der Waals surface area (Å²) >= 11 is 0. The average molecular weight is 272 g/mol. The standard InChI is InChI=1S/C18H24O2/c1-17(2,3)19-15-11-13-9-7-8-10-14(13)12-16(15)20-18(4,5)6/h7-12H,1-6H3. The molecule has 2 aromatic carbocycles. The Kier molecular flexibility index (Phi) is 3.68. The van der Waals surface area contributed by atoms with Crippen molar-refractivity contribution >= 4 is 10.8 Å². The van der Waals surface area contributed by atoms with Gasteiger partial charge in [-0.3, -0.25) is 0 Å². The van der Waals surface area contributed by atoms with Gasteiger partial charge < -0.3 is 9.47 Å². The van der Waals surface area contributed by atoms with Gasteiger partial charge in [-0.1, -0.05) is 24.3 Å². The highest BCUT2D eigenvalue weighted by Gasteiger charge is 2.20. The van der Waals surface area contributed by atoms with Crippen molar-refractivity contribution < 1.29 is 9.47 Å². The Morgan fingerprint density at radius 2 is 1.00 bits per heavy atom. The van der Waals surface area contributed by atoms with E-state index in [1.165, 1.54) is 0 Å². The van der Waals surface area contributed by atoms with Gasteiger partial charge in [0.2, 0.25) is 0 Å². The van der Waals surface area contributed by atoms with Crippen molar-refractivity contribution in [1.82, 2.24) is 0 Å². The number of rotatable bonds is 2. The molecule has 0 amide bonds. The number of ether oxygens (including phenoxy) is 2. The predicted molar refractivity (Wildman–Crippen MR) is 84.7 cm³/mol. The molecule has 0 radical (unpaired) electrons. The molecule has 0 saturated carbocycles. The highest BCUT2D eigenvalue weighted by Crippen LogP contribution is 2.36. The first-order valence-electron chi connectivity index (χ1n) is 7.05. The smallest absolute Gasteiger partial charge is 0.162 e. The fourth-order valence-corrected chi connectivity index (χ4v) is 2.02. The van der Waals surface area contributed by atoms with Crippen molar-refractivity contribution in [3.05, 3.63) is 36.4 Å². The van der Waals surface area contributed by atoms with E-state index >= 15 is 0 Å². The van der Waals surface area contributed by atoms with Crippen molar-refractivity contribution in [2.45, 2.75) is 52.7 Å². The second kappa shape index (κ2) is 5.01. The molecular weight excluding hydrogens is 248 g/mol. The maximum Gasteiger partial charge on any atom is 0.162 e. The van der Waals surface area contributed by atoms with E-state index in [0.29, 0.717) is 0 Å². The zero-order valence-electron chi connectivity index (χ0n) is 13.3. The van der Waals surface area contributed by atoms with Gasteiger partial charge >= 0.3 is 0 Å². The molecule has 20 heavy (non-hydrogen) atoms. The van der Waals surface area contributed by atoms with Crippen LogP contribution in [0.1, 0.15) is 41.5 Å². The number of fused-ring (bicyclic) bond motifs is 1. The Hall–Kier alpha value is -1.70. The van der Waals surface area contributed by atoms with Gasteiger partial charge in [0.15, 0.2) is 11.5 Å². The highest BCUT2D eigenvalue weighted by atomic mass is 16.5. The molecule has 0 aliphatic carbocycles. The molecule has 2 heteroatoms. The Bertz CT molecular complexity index is 546. The SMILES string of the molecule is CC(C)(C)Oc1cc2ccccc2cc1OC(C)(C)C. The van der Waals surface area contributed by atoms with Crippen LogP contribution in [0.5, 0.6) is 11.5 Å². The molecule has 2 nitrogen and oxygen atoms in total. The molecule has 0 unspecified atom stereocenters. The molecule has 108 valence electrons. The molecule has 0 fully saturated rings. The average Bonchev–Trinajstić information content (AvgIpc) is 2.26. The quantitative estimate of drug-likeness (QED) is 0.748. The predicted octanol–water partition coefficient (Wildman–Crippen LogP) is 5.19. The molecular formula is C18H24O2. The summed E-state index contributed by atoms with van der Waals surface area (Å²) in [7, 11) is 0.